The Morgan fingerprint density at radius 2 is 1.75 bits per heavy atom. The molecule has 5 nitrogen and oxygen atoms in total. The van der Waals surface area contributed by atoms with Crippen LogP contribution in [0.15, 0.2) is 6.07 Å². The maximum absolute atomic E-state index is 13.0. The van der Waals surface area contributed by atoms with Gasteiger partial charge in [0.05, 0.1) is 6.54 Å². The molecule has 8 heteroatoms. The van der Waals surface area contributed by atoms with Crippen LogP contribution in [0.3, 0.4) is 0 Å². The summed E-state index contributed by atoms with van der Waals surface area (Å²) in [7, 11) is 0. The molecule has 1 aromatic heterocycles. The highest BCUT2D eigenvalue weighted by Gasteiger charge is 2.51. The van der Waals surface area contributed by atoms with Gasteiger partial charge in [-0.2, -0.15) is 18.3 Å². The molecule has 0 spiro atoms. The first kappa shape index (κ1) is 18.3. The number of rotatable bonds is 5. The Balaban J connectivity index is 1.17. The van der Waals surface area contributed by atoms with E-state index < -0.39 is 11.9 Å². The minimum absolute atomic E-state index is 0.0623. The van der Waals surface area contributed by atoms with Gasteiger partial charge < -0.3 is 10.6 Å². The van der Waals surface area contributed by atoms with Crippen molar-refractivity contribution in [3.63, 3.8) is 0 Å². The molecule has 28 heavy (non-hydrogen) atoms. The van der Waals surface area contributed by atoms with Gasteiger partial charge in [-0.3, -0.25) is 4.68 Å². The summed E-state index contributed by atoms with van der Waals surface area (Å²) in [5.41, 5.74) is -0.268. The maximum atomic E-state index is 13.0. The monoisotopic (exact) mass is 396 g/mol. The number of hydrogen-bond donors (Lipinski definition) is 2. The van der Waals surface area contributed by atoms with E-state index in [1.807, 2.05) is 0 Å². The molecule has 2 amide bonds. The number of aromatic nitrogens is 2. The van der Waals surface area contributed by atoms with Gasteiger partial charge in [0.2, 0.25) is 0 Å². The van der Waals surface area contributed by atoms with Crippen LogP contribution in [0.4, 0.5) is 18.0 Å². The summed E-state index contributed by atoms with van der Waals surface area (Å²) in [6, 6.07) is 0.964. The van der Waals surface area contributed by atoms with E-state index in [4.69, 9.17) is 0 Å². The Morgan fingerprint density at radius 1 is 1.14 bits per heavy atom. The minimum Gasteiger partial charge on any atom is -0.336 e. The molecule has 1 aromatic rings. The first-order chi connectivity index (χ1) is 13.3. The highest BCUT2D eigenvalue weighted by molar-refractivity contribution is 5.74. The van der Waals surface area contributed by atoms with Crippen molar-refractivity contribution in [2.75, 3.05) is 6.54 Å². The van der Waals surface area contributed by atoms with Crippen molar-refractivity contribution >= 4 is 6.03 Å². The maximum Gasteiger partial charge on any atom is 0.435 e. The molecule has 5 saturated carbocycles. The fourth-order valence-corrected chi connectivity index (χ4v) is 6.28. The number of amides is 2. The predicted octanol–water partition coefficient (Wildman–Crippen LogP) is 4.05. The zero-order valence-corrected chi connectivity index (χ0v) is 15.9. The third-order valence-corrected chi connectivity index (χ3v) is 7.12. The highest BCUT2D eigenvalue weighted by atomic mass is 19.4. The van der Waals surface area contributed by atoms with Gasteiger partial charge in [0.1, 0.15) is 0 Å². The largest absolute Gasteiger partial charge is 0.435 e. The van der Waals surface area contributed by atoms with E-state index in [0.717, 1.165) is 55.9 Å². The van der Waals surface area contributed by atoms with E-state index in [1.165, 1.54) is 23.9 Å². The van der Waals surface area contributed by atoms with E-state index in [1.54, 1.807) is 0 Å². The summed E-state index contributed by atoms with van der Waals surface area (Å²) in [5.74, 6) is 2.41. The zero-order valence-electron chi connectivity index (χ0n) is 15.9. The number of nitrogens with one attached hydrogen (secondary N) is 2. The van der Waals surface area contributed by atoms with Crippen LogP contribution >= 0.6 is 0 Å². The van der Waals surface area contributed by atoms with Gasteiger partial charge in [0.25, 0.3) is 0 Å². The van der Waals surface area contributed by atoms with Crippen molar-refractivity contribution in [3.05, 3.63) is 17.5 Å². The molecular formula is C20H27F3N4O. The Labute approximate surface area is 162 Å². The summed E-state index contributed by atoms with van der Waals surface area (Å²) in [5, 5.41) is 9.82. The standard InChI is InChI=1S/C20H27F3N4O/c21-20(22,23)17-8-16(15-1-2-15)27(26-17)4-3-24-18(28)25-19-9-12-5-13(10-19)7-14(6-12)11-19/h8,12-15H,1-7,9-11H2,(H2,24,25,28). The zero-order chi connectivity index (χ0) is 19.5. The van der Waals surface area contributed by atoms with Crippen molar-refractivity contribution in [3.8, 4) is 0 Å². The average Bonchev–Trinajstić information content (AvgIpc) is 3.32. The fourth-order valence-electron chi connectivity index (χ4n) is 6.28. The summed E-state index contributed by atoms with van der Waals surface area (Å²) >= 11 is 0. The van der Waals surface area contributed by atoms with Crippen molar-refractivity contribution in [2.24, 2.45) is 17.8 Å². The third-order valence-electron chi connectivity index (χ3n) is 7.12. The van der Waals surface area contributed by atoms with E-state index >= 15 is 0 Å². The summed E-state index contributed by atoms with van der Waals surface area (Å²) in [6.45, 7) is 0.535. The van der Waals surface area contributed by atoms with E-state index in [9.17, 15) is 18.0 Å². The Bertz CT molecular complexity index is 733. The van der Waals surface area contributed by atoms with Crippen LogP contribution in [0.1, 0.15) is 68.7 Å². The minimum atomic E-state index is -4.43. The van der Waals surface area contributed by atoms with Crippen LogP contribution in [0.25, 0.3) is 0 Å². The lowest BCUT2D eigenvalue weighted by Gasteiger charge is -2.56. The Morgan fingerprint density at radius 3 is 2.29 bits per heavy atom. The topological polar surface area (TPSA) is 59.0 Å². The van der Waals surface area contributed by atoms with E-state index in [-0.39, 0.29) is 30.6 Å². The second kappa shape index (κ2) is 6.39. The van der Waals surface area contributed by atoms with Crippen LogP contribution in [0, 0.1) is 17.8 Å². The number of carbonyl (C=O) groups excluding carboxylic acids is 1. The average molecular weight is 396 g/mol. The Kier molecular flexibility index (Phi) is 4.18. The molecule has 0 atom stereocenters. The normalized spacial score (nSPS) is 33.9. The van der Waals surface area contributed by atoms with Crippen molar-refractivity contribution < 1.29 is 18.0 Å². The van der Waals surface area contributed by atoms with Gasteiger partial charge in [-0.1, -0.05) is 0 Å². The number of hydrogen-bond acceptors (Lipinski definition) is 2. The molecule has 5 aliphatic carbocycles. The molecule has 6 rings (SSSR count). The van der Waals surface area contributed by atoms with Gasteiger partial charge in [-0.05, 0) is 75.2 Å². The first-order valence-corrected chi connectivity index (χ1v) is 10.5. The molecule has 4 bridgehead atoms. The van der Waals surface area contributed by atoms with Crippen molar-refractivity contribution in [1.82, 2.24) is 20.4 Å². The molecule has 0 aromatic carbocycles. The molecule has 154 valence electrons. The van der Waals surface area contributed by atoms with Crippen molar-refractivity contribution in [2.45, 2.75) is 75.5 Å². The molecule has 0 radical (unpaired) electrons. The Hall–Kier alpha value is -1.73. The lowest BCUT2D eigenvalue weighted by Crippen LogP contribution is -2.61. The predicted molar refractivity (Wildman–Crippen MR) is 96.6 cm³/mol. The van der Waals surface area contributed by atoms with Gasteiger partial charge in [0, 0.05) is 23.7 Å². The summed E-state index contributed by atoms with van der Waals surface area (Å²) in [4.78, 5) is 12.5. The van der Waals surface area contributed by atoms with Gasteiger partial charge in [-0.25, -0.2) is 4.79 Å². The van der Waals surface area contributed by atoms with Crippen LogP contribution in [-0.4, -0.2) is 27.9 Å². The number of nitrogens with zero attached hydrogens (tertiary/aromatic N) is 2. The molecule has 1 heterocycles. The first-order valence-electron chi connectivity index (χ1n) is 10.5. The molecule has 0 unspecified atom stereocenters. The fraction of sp³-hybridized carbons (Fsp3) is 0.800. The van der Waals surface area contributed by atoms with E-state index in [0.29, 0.717) is 5.69 Å². The van der Waals surface area contributed by atoms with Crippen LogP contribution < -0.4 is 10.6 Å². The number of carbonyl (C=O) groups is 1. The second-order valence-corrected chi connectivity index (χ2v) is 9.53. The van der Waals surface area contributed by atoms with Crippen LogP contribution in [0.2, 0.25) is 0 Å². The third kappa shape index (κ3) is 3.50. The van der Waals surface area contributed by atoms with Crippen LogP contribution in [0.5, 0.6) is 0 Å². The van der Waals surface area contributed by atoms with Crippen LogP contribution in [-0.2, 0) is 12.7 Å². The van der Waals surface area contributed by atoms with Gasteiger partial charge in [-0.15, -0.1) is 0 Å². The smallest absolute Gasteiger partial charge is 0.336 e. The molecule has 5 aliphatic rings. The van der Waals surface area contributed by atoms with Gasteiger partial charge >= 0.3 is 12.2 Å². The van der Waals surface area contributed by atoms with Gasteiger partial charge in [0.15, 0.2) is 5.69 Å². The molecule has 0 saturated heterocycles. The number of urea groups is 1. The van der Waals surface area contributed by atoms with E-state index in [2.05, 4.69) is 15.7 Å². The number of halogens is 3. The highest BCUT2D eigenvalue weighted by Crippen LogP contribution is 2.55. The molecule has 0 aliphatic heterocycles. The SMILES string of the molecule is O=C(NCCn1nc(C(F)(F)F)cc1C1CC1)NC12CC3CC(CC(C3)C1)C2. The van der Waals surface area contributed by atoms with Crippen molar-refractivity contribution in [1.29, 1.82) is 0 Å². The molecule has 2 N–H and O–H groups in total. The summed E-state index contributed by atoms with van der Waals surface area (Å²) < 4.78 is 40.3. The lowest BCUT2D eigenvalue weighted by atomic mass is 9.53. The second-order valence-electron chi connectivity index (χ2n) is 9.53. The summed E-state index contributed by atoms with van der Waals surface area (Å²) in [6.07, 6.45) is 4.54. The molecular weight excluding hydrogens is 369 g/mol. The quantitative estimate of drug-likeness (QED) is 0.789. The lowest BCUT2D eigenvalue weighted by molar-refractivity contribution is -0.141. The molecule has 5 fully saturated rings. The number of alkyl halides is 3.